The lowest BCUT2D eigenvalue weighted by Crippen LogP contribution is -2.20. The number of carbonyl (C=O) groups is 1. The molecule has 6 nitrogen and oxygen atoms in total. The van der Waals surface area contributed by atoms with Gasteiger partial charge >= 0.3 is 0 Å². The monoisotopic (exact) mass is 260 g/mol. The Labute approximate surface area is 111 Å². The smallest absolute Gasteiger partial charge is 0.263 e. The van der Waals surface area contributed by atoms with Gasteiger partial charge in [0.05, 0.1) is 0 Å². The van der Waals surface area contributed by atoms with Crippen LogP contribution in [0.5, 0.6) is 5.75 Å². The zero-order chi connectivity index (χ0) is 13.7. The minimum absolute atomic E-state index is 0.0616. The van der Waals surface area contributed by atoms with E-state index >= 15 is 0 Å². The van der Waals surface area contributed by atoms with Crippen molar-refractivity contribution in [2.24, 2.45) is 5.73 Å². The third-order valence-electron chi connectivity index (χ3n) is 2.50. The standard InChI is InChI=1S/C13H16N4O2/c1-9-6-12(17-16-9)15-13(18)8-19-11-4-2-10(7-14)3-5-11/h2-6H,7-8,14H2,1H3,(H2,15,16,17,18). The molecule has 0 aliphatic rings. The van der Waals surface area contributed by atoms with Crippen LogP contribution in [0.3, 0.4) is 0 Å². The van der Waals surface area contributed by atoms with E-state index in [0.29, 0.717) is 18.1 Å². The fraction of sp³-hybridized carbons (Fsp3) is 0.231. The molecule has 2 aromatic rings. The maximum Gasteiger partial charge on any atom is 0.263 e. The van der Waals surface area contributed by atoms with Gasteiger partial charge in [-0.05, 0) is 24.6 Å². The highest BCUT2D eigenvalue weighted by atomic mass is 16.5. The van der Waals surface area contributed by atoms with Crippen LogP contribution in [0.15, 0.2) is 30.3 Å². The minimum Gasteiger partial charge on any atom is -0.484 e. The predicted octanol–water partition coefficient (Wildman–Crippen LogP) is 1.19. The molecule has 1 aromatic heterocycles. The van der Waals surface area contributed by atoms with Crippen LogP contribution in [-0.4, -0.2) is 22.7 Å². The highest BCUT2D eigenvalue weighted by molar-refractivity contribution is 5.90. The van der Waals surface area contributed by atoms with Gasteiger partial charge in [0.15, 0.2) is 12.4 Å². The summed E-state index contributed by atoms with van der Waals surface area (Å²) in [5.41, 5.74) is 7.40. The zero-order valence-electron chi connectivity index (χ0n) is 10.6. The molecule has 0 saturated heterocycles. The number of ether oxygens (including phenoxy) is 1. The summed E-state index contributed by atoms with van der Waals surface area (Å²) in [5, 5.41) is 9.28. The second-order valence-electron chi connectivity index (χ2n) is 4.12. The first-order chi connectivity index (χ1) is 9.17. The SMILES string of the molecule is Cc1cc(NC(=O)COc2ccc(CN)cc2)n[nH]1. The molecule has 0 saturated carbocycles. The third-order valence-corrected chi connectivity index (χ3v) is 2.50. The number of hydrogen-bond acceptors (Lipinski definition) is 4. The number of rotatable bonds is 5. The summed E-state index contributed by atoms with van der Waals surface area (Å²) < 4.78 is 5.36. The summed E-state index contributed by atoms with van der Waals surface area (Å²) in [6, 6.07) is 9.05. The number of nitrogens with one attached hydrogen (secondary N) is 2. The summed E-state index contributed by atoms with van der Waals surface area (Å²) in [6.07, 6.45) is 0. The van der Waals surface area contributed by atoms with Crippen molar-refractivity contribution in [2.75, 3.05) is 11.9 Å². The van der Waals surface area contributed by atoms with E-state index in [2.05, 4.69) is 15.5 Å². The number of hydrogen-bond donors (Lipinski definition) is 3. The normalized spacial score (nSPS) is 10.2. The first-order valence-corrected chi connectivity index (χ1v) is 5.91. The van der Waals surface area contributed by atoms with Crippen LogP contribution in [0.25, 0.3) is 0 Å². The highest BCUT2D eigenvalue weighted by Gasteiger charge is 2.05. The molecule has 2 rings (SSSR count). The molecular formula is C13H16N4O2. The van der Waals surface area contributed by atoms with Crippen LogP contribution >= 0.6 is 0 Å². The molecule has 0 bridgehead atoms. The number of benzene rings is 1. The molecule has 0 fully saturated rings. The maximum absolute atomic E-state index is 11.6. The van der Waals surface area contributed by atoms with E-state index in [1.54, 1.807) is 18.2 Å². The van der Waals surface area contributed by atoms with Gasteiger partial charge in [-0.1, -0.05) is 12.1 Å². The van der Waals surface area contributed by atoms with Crippen LogP contribution < -0.4 is 15.8 Å². The fourth-order valence-electron chi connectivity index (χ4n) is 1.53. The van der Waals surface area contributed by atoms with Crippen LogP contribution in [-0.2, 0) is 11.3 Å². The molecule has 0 spiro atoms. The van der Waals surface area contributed by atoms with Crippen molar-refractivity contribution in [1.82, 2.24) is 10.2 Å². The van der Waals surface area contributed by atoms with Crippen molar-refractivity contribution in [3.8, 4) is 5.75 Å². The van der Waals surface area contributed by atoms with E-state index in [-0.39, 0.29) is 12.5 Å². The Hall–Kier alpha value is -2.34. The van der Waals surface area contributed by atoms with Crippen LogP contribution in [0.1, 0.15) is 11.3 Å². The summed E-state index contributed by atoms with van der Waals surface area (Å²) in [6.45, 7) is 2.28. The van der Waals surface area contributed by atoms with E-state index in [1.165, 1.54) is 0 Å². The number of nitrogens with zero attached hydrogens (tertiary/aromatic N) is 1. The summed E-state index contributed by atoms with van der Waals surface area (Å²) in [7, 11) is 0. The largest absolute Gasteiger partial charge is 0.484 e. The quantitative estimate of drug-likeness (QED) is 0.753. The molecule has 1 amide bonds. The average Bonchev–Trinajstić information content (AvgIpc) is 2.82. The molecule has 0 atom stereocenters. The Bertz CT molecular complexity index is 548. The van der Waals surface area contributed by atoms with Crippen molar-refractivity contribution in [3.05, 3.63) is 41.6 Å². The molecule has 100 valence electrons. The number of anilines is 1. The molecule has 6 heteroatoms. The average molecular weight is 260 g/mol. The van der Waals surface area contributed by atoms with E-state index in [9.17, 15) is 4.79 Å². The van der Waals surface area contributed by atoms with Gasteiger partial charge in [0.25, 0.3) is 5.91 Å². The molecular weight excluding hydrogens is 244 g/mol. The van der Waals surface area contributed by atoms with Gasteiger partial charge in [-0.15, -0.1) is 0 Å². The van der Waals surface area contributed by atoms with Crippen molar-refractivity contribution >= 4 is 11.7 Å². The van der Waals surface area contributed by atoms with Crippen molar-refractivity contribution in [1.29, 1.82) is 0 Å². The molecule has 4 N–H and O–H groups in total. The fourth-order valence-corrected chi connectivity index (χ4v) is 1.53. The summed E-state index contributed by atoms with van der Waals surface area (Å²) in [5.74, 6) is 0.865. The topological polar surface area (TPSA) is 93.0 Å². The van der Waals surface area contributed by atoms with E-state index in [1.807, 2.05) is 19.1 Å². The second-order valence-corrected chi connectivity index (χ2v) is 4.12. The van der Waals surface area contributed by atoms with Gasteiger partial charge in [-0.25, -0.2) is 0 Å². The number of nitrogens with two attached hydrogens (primary N) is 1. The van der Waals surface area contributed by atoms with Gasteiger partial charge in [-0.2, -0.15) is 5.10 Å². The number of H-pyrrole nitrogens is 1. The lowest BCUT2D eigenvalue weighted by Gasteiger charge is -2.06. The number of aromatic nitrogens is 2. The van der Waals surface area contributed by atoms with Gasteiger partial charge in [-0.3, -0.25) is 9.89 Å². The third kappa shape index (κ3) is 3.82. The second kappa shape index (κ2) is 6.01. The Kier molecular flexibility index (Phi) is 4.15. The first-order valence-electron chi connectivity index (χ1n) is 5.91. The van der Waals surface area contributed by atoms with Gasteiger partial charge in [0, 0.05) is 18.3 Å². The predicted molar refractivity (Wildman–Crippen MR) is 71.8 cm³/mol. The van der Waals surface area contributed by atoms with E-state index < -0.39 is 0 Å². The van der Waals surface area contributed by atoms with Crippen LogP contribution in [0.4, 0.5) is 5.82 Å². The first kappa shape index (κ1) is 13.1. The van der Waals surface area contributed by atoms with Crippen LogP contribution in [0.2, 0.25) is 0 Å². The van der Waals surface area contributed by atoms with E-state index in [0.717, 1.165) is 11.3 Å². The Morgan fingerprint density at radius 1 is 1.42 bits per heavy atom. The molecule has 0 radical (unpaired) electrons. The van der Waals surface area contributed by atoms with Crippen molar-refractivity contribution in [2.45, 2.75) is 13.5 Å². The van der Waals surface area contributed by atoms with Gasteiger partial charge in [0.1, 0.15) is 5.75 Å². The molecule has 19 heavy (non-hydrogen) atoms. The van der Waals surface area contributed by atoms with Crippen molar-refractivity contribution in [3.63, 3.8) is 0 Å². The van der Waals surface area contributed by atoms with Gasteiger partial charge in [0.2, 0.25) is 0 Å². The molecule has 0 aliphatic carbocycles. The molecule has 1 heterocycles. The van der Waals surface area contributed by atoms with Gasteiger partial charge < -0.3 is 15.8 Å². The number of aryl methyl sites for hydroxylation is 1. The van der Waals surface area contributed by atoms with Crippen LogP contribution in [0, 0.1) is 6.92 Å². The highest BCUT2D eigenvalue weighted by Crippen LogP contribution is 2.12. The number of aromatic amines is 1. The molecule has 1 aromatic carbocycles. The number of amides is 1. The lowest BCUT2D eigenvalue weighted by atomic mass is 10.2. The van der Waals surface area contributed by atoms with Crippen molar-refractivity contribution < 1.29 is 9.53 Å². The Balaban J connectivity index is 1.82. The number of carbonyl (C=O) groups excluding carboxylic acids is 1. The molecule has 0 aliphatic heterocycles. The summed E-state index contributed by atoms with van der Waals surface area (Å²) >= 11 is 0. The zero-order valence-corrected chi connectivity index (χ0v) is 10.6. The summed E-state index contributed by atoms with van der Waals surface area (Å²) in [4.78, 5) is 11.6. The molecule has 0 unspecified atom stereocenters. The maximum atomic E-state index is 11.6. The minimum atomic E-state index is -0.255. The van der Waals surface area contributed by atoms with E-state index in [4.69, 9.17) is 10.5 Å². The Morgan fingerprint density at radius 2 is 2.16 bits per heavy atom. The Morgan fingerprint density at radius 3 is 2.74 bits per heavy atom. The lowest BCUT2D eigenvalue weighted by molar-refractivity contribution is -0.118.